The summed E-state index contributed by atoms with van der Waals surface area (Å²) in [6.07, 6.45) is 2.37. The van der Waals surface area contributed by atoms with Crippen molar-refractivity contribution in [2.24, 2.45) is 0 Å². The lowest BCUT2D eigenvalue weighted by Crippen LogP contribution is -2.42. The molecule has 0 spiro atoms. The summed E-state index contributed by atoms with van der Waals surface area (Å²) >= 11 is 2.18. The van der Waals surface area contributed by atoms with Gasteiger partial charge in [-0.05, 0) is 66.5 Å². The van der Waals surface area contributed by atoms with Gasteiger partial charge in [0.25, 0.3) is 0 Å². The van der Waals surface area contributed by atoms with Crippen molar-refractivity contribution in [3.8, 4) is 11.3 Å². The number of aromatic nitrogens is 2. The molecule has 5 nitrogen and oxygen atoms in total. The lowest BCUT2D eigenvalue weighted by molar-refractivity contribution is 0.459. The van der Waals surface area contributed by atoms with Crippen LogP contribution in [0.2, 0.25) is 0 Å². The number of nitrogens with zero attached hydrogens (tertiary/aromatic N) is 2. The van der Waals surface area contributed by atoms with E-state index in [1.54, 1.807) is 6.20 Å². The first-order valence-corrected chi connectivity index (χ1v) is 12.0. The highest BCUT2D eigenvalue weighted by atomic mass is 79.9. The van der Waals surface area contributed by atoms with Gasteiger partial charge < -0.3 is 9.08 Å². The fourth-order valence-corrected chi connectivity index (χ4v) is 4.41. The largest absolute Gasteiger partial charge is 0.598 e. The minimum Gasteiger partial charge on any atom is -0.598 e. The predicted octanol–water partition coefficient (Wildman–Crippen LogP) is 5.99. The molecule has 0 aliphatic rings. The molecule has 0 amide bonds. The molecule has 4 aromatic rings. The molecule has 0 aliphatic carbocycles. The van der Waals surface area contributed by atoms with Crippen LogP contribution in [-0.4, -0.2) is 19.4 Å². The monoisotopic (exact) mass is 497 g/mol. The zero-order valence-corrected chi connectivity index (χ0v) is 20.0. The van der Waals surface area contributed by atoms with Crippen molar-refractivity contribution in [2.45, 2.75) is 38.0 Å². The van der Waals surface area contributed by atoms with Crippen LogP contribution in [0.5, 0.6) is 0 Å². The first kappa shape index (κ1) is 22.0. The molecule has 2 heterocycles. The van der Waals surface area contributed by atoms with E-state index in [0.717, 1.165) is 38.0 Å². The van der Waals surface area contributed by atoms with Crippen molar-refractivity contribution >= 4 is 38.3 Å². The van der Waals surface area contributed by atoms with Crippen LogP contribution in [-0.2, 0) is 17.8 Å². The summed E-state index contributed by atoms with van der Waals surface area (Å²) in [4.78, 5) is 4.54. The first-order valence-electron chi connectivity index (χ1n) is 10.0. The Kier molecular flexibility index (Phi) is 6.48. The number of para-hydroxylation sites is 1. The van der Waals surface area contributed by atoms with Crippen molar-refractivity contribution in [3.05, 3.63) is 82.6 Å². The molecule has 2 aromatic heterocycles. The predicted molar refractivity (Wildman–Crippen MR) is 129 cm³/mol. The number of rotatable bonds is 6. The molecular formula is C24H24BrN3O2S. The molecule has 0 bridgehead atoms. The number of hydrogen-bond donors (Lipinski definition) is 1. The van der Waals surface area contributed by atoms with Crippen molar-refractivity contribution in [1.29, 1.82) is 0 Å². The van der Waals surface area contributed by atoms with Crippen LogP contribution < -0.4 is 4.72 Å². The van der Waals surface area contributed by atoms with E-state index >= 15 is 0 Å². The van der Waals surface area contributed by atoms with E-state index in [4.69, 9.17) is 4.52 Å². The number of benzene rings is 2. The Bertz CT molecular complexity index is 1170. The molecule has 0 saturated carbocycles. The lowest BCUT2D eigenvalue weighted by Gasteiger charge is -2.29. The van der Waals surface area contributed by atoms with Gasteiger partial charge in [0.15, 0.2) is 5.58 Å². The molecule has 2 atom stereocenters. The van der Waals surface area contributed by atoms with E-state index < -0.39 is 16.1 Å². The van der Waals surface area contributed by atoms with E-state index in [9.17, 15) is 4.55 Å². The molecule has 0 saturated heterocycles. The average Bonchev–Trinajstić information content (AvgIpc) is 3.18. The summed E-state index contributed by atoms with van der Waals surface area (Å²) in [5.74, 6) is 0. The van der Waals surface area contributed by atoms with Gasteiger partial charge in [-0.25, -0.2) is 0 Å². The van der Waals surface area contributed by atoms with E-state index in [-0.39, 0.29) is 6.04 Å². The molecule has 1 N–H and O–H groups in total. The number of halogens is 1. The molecule has 0 radical (unpaired) electrons. The summed E-state index contributed by atoms with van der Waals surface area (Å²) < 4.78 is 22.5. The maximum atomic E-state index is 13.0. The van der Waals surface area contributed by atoms with Crippen LogP contribution in [0.3, 0.4) is 0 Å². The highest BCUT2D eigenvalue weighted by Crippen LogP contribution is 2.35. The van der Waals surface area contributed by atoms with Crippen LogP contribution in [0.4, 0.5) is 0 Å². The summed E-state index contributed by atoms with van der Waals surface area (Å²) in [7, 11) is 0. The number of hydrogen-bond acceptors (Lipinski definition) is 5. The van der Waals surface area contributed by atoms with Crippen molar-refractivity contribution in [2.75, 3.05) is 0 Å². The normalized spacial score (nSPS) is 14.0. The maximum Gasteiger partial charge on any atom is 0.167 e. The SMILES string of the molecule is CC(C)(C)[S@+]([O-])NC(Cc1ccc(Br)cn1)c1ccccc1-c1noc2ccccc12. The quantitative estimate of drug-likeness (QED) is 0.331. The maximum absolute atomic E-state index is 13.0. The van der Waals surface area contributed by atoms with E-state index in [1.807, 2.05) is 75.4 Å². The van der Waals surface area contributed by atoms with Gasteiger partial charge in [0.1, 0.15) is 10.4 Å². The fraction of sp³-hybridized carbons (Fsp3) is 0.250. The molecular weight excluding hydrogens is 474 g/mol. The van der Waals surface area contributed by atoms with Gasteiger partial charge in [-0.3, -0.25) is 4.98 Å². The molecule has 0 aliphatic heterocycles. The second kappa shape index (κ2) is 9.12. The van der Waals surface area contributed by atoms with Gasteiger partial charge in [-0.2, -0.15) is 0 Å². The van der Waals surface area contributed by atoms with Crippen molar-refractivity contribution < 1.29 is 9.08 Å². The summed E-state index contributed by atoms with van der Waals surface area (Å²) in [5.41, 5.74) is 4.39. The topological polar surface area (TPSA) is 74.0 Å². The zero-order chi connectivity index (χ0) is 22.0. The van der Waals surface area contributed by atoms with Gasteiger partial charge >= 0.3 is 0 Å². The van der Waals surface area contributed by atoms with Crippen LogP contribution in [0.1, 0.15) is 38.1 Å². The lowest BCUT2D eigenvalue weighted by atomic mass is 9.94. The molecule has 1 unspecified atom stereocenters. The van der Waals surface area contributed by atoms with E-state index in [1.165, 1.54) is 0 Å². The third-order valence-electron chi connectivity index (χ3n) is 4.98. The Morgan fingerprint density at radius 2 is 1.81 bits per heavy atom. The van der Waals surface area contributed by atoms with Crippen molar-refractivity contribution in [1.82, 2.24) is 14.9 Å². The molecule has 4 rings (SSSR count). The Balaban J connectivity index is 1.78. The Morgan fingerprint density at radius 3 is 2.55 bits per heavy atom. The second-order valence-corrected chi connectivity index (χ2v) is 11.3. The minimum atomic E-state index is -1.26. The average molecular weight is 498 g/mol. The third-order valence-corrected chi connectivity index (χ3v) is 7.06. The minimum absolute atomic E-state index is 0.222. The third kappa shape index (κ3) is 5.01. The van der Waals surface area contributed by atoms with Crippen molar-refractivity contribution in [3.63, 3.8) is 0 Å². The summed E-state index contributed by atoms with van der Waals surface area (Å²) in [5, 5.41) is 5.31. The van der Waals surface area contributed by atoms with E-state index in [0.29, 0.717) is 6.42 Å². The van der Waals surface area contributed by atoms with Gasteiger partial charge in [0, 0.05) is 45.1 Å². The summed E-state index contributed by atoms with van der Waals surface area (Å²) in [6.45, 7) is 5.88. The standard InChI is InChI=1S/C24H24BrN3O2S/c1-24(2,3)31(29)28-21(14-17-13-12-16(25)15-26-17)18-8-4-5-9-19(18)23-20-10-6-7-11-22(20)30-27-23/h4-13,15,21,28H,14H2,1-3H3/t21?,31-/m0/s1. The van der Waals surface area contributed by atoms with Gasteiger partial charge in [-0.15, -0.1) is 4.72 Å². The molecule has 2 aromatic carbocycles. The van der Waals surface area contributed by atoms with Crippen LogP contribution in [0.25, 0.3) is 22.2 Å². The summed E-state index contributed by atoms with van der Waals surface area (Å²) in [6, 6.07) is 19.6. The Hall–Kier alpha value is -2.19. The Labute approximate surface area is 193 Å². The van der Waals surface area contributed by atoms with Gasteiger partial charge in [0.2, 0.25) is 0 Å². The number of nitrogens with one attached hydrogen (secondary N) is 1. The smallest absolute Gasteiger partial charge is 0.167 e. The molecule has 31 heavy (non-hydrogen) atoms. The highest BCUT2D eigenvalue weighted by molar-refractivity contribution is 9.10. The first-order chi connectivity index (χ1) is 14.8. The number of fused-ring (bicyclic) bond motifs is 1. The van der Waals surface area contributed by atoms with E-state index in [2.05, 4.69) is 36.9 Å². The van der Waals surface area contributed by atoms with Crippen LogP contribution in [0.15, 0.2) is 75.9 Å². The molecule has 7 heteroatoms. The Morgan fingerprint density at radius 1 is 1.06 bits per heavy atom. The molecule has 160 valence electrons. The highest BCUT2D eigenvalue weighted by Gasteiger charge is 2.31. The molecule has 0 fully saturated rings. The number of pyridine rings is 1. The fourth-order valence-electron chi connectivity index (χ4n) is 3.35. The van der Waals surface area contributed by atoms with Crippen LogP contribution >= 0.6 is 15.9 Å². The van der Waals surface area contributed by atoms with Gasteiger partial charge in [-0.1, -0.05) is 41.6 Å². The second-order valence-electron chi connectivity index (χ2n) is 8.34. The zero-order valence-electron chi connectivity index (χ0n) is 17.6. The van der Waals surface area contributed by atoms with Gasteiger partial charge in [0.05, 0.1) is 6.04 Å². The van der Waals surface area contributed by atoms with Crippen LogP contribution in [0, 0.1) is 0 Å².